The number of halogens is 1. The van der Waals surface area contributed by atoms with Gasteiger partial charge in [-0.3, -0.25) is 14.5 Å². The summed E-state index contributed by atoms with van der Waals surface area (Å²) in [5.41, 5.74) is 8.92. The molecule has 5 rings (SSSR count). The average Bonchev–Trinajstić information content (AvgIpc) is 3.43. The number of rotatable bonds is 8. The number of nitrogens with zero attached hydrogens (tertiary/aromatic N) is 4. The molecular weight excluding hydrogens is 594 g/mol. The van der Waals surface area contributed by atoms with Gasteiger partial charge in [0.15, 0.2) is 15.9 Å². The molecule has 1 aliphatic heterocycles. The average molecular weight is 622 g/mol. The molecule has 1 atom stereocenters. The maximum absolute atomic E-state index is 13.9. The van der Waals surface area contributed by atoms with Crippen LogP contribution < -0.4 is 20.1 Å². The Morgan fingerprint density at radius 3 is 2.60 bits per heavy atom. The number of nitriles is 1. The third-order valence-corrected chi connectivity index (χ3v) is 9.50. The van der Waals surface area contributed by atoms with Crippen LogP contribution in [0, 0.1) is 16.7 Å². The van der Waals surface area contributed by atoms with Gasteiger partial charge in [-0.1, -0.05) is 48.5 Å². The smallest absolute Gasteiger partial charge is 0.219 e. The van der Waals surface area contributed by atoms with Gasteiger partial charge in [0.2, 0.25) is 5.13 Å². The number of ketones is 2. The van der Waals surface area contributed by atoms with Crippen molar-refractivity contribution in [1.82, 2.24) is 10.2 Å². The number of Topliss-reactive ketones (excluding diaryl/α,β-unsaturated/α-hetero) is 2. The molecule has 12 heteroatoms. The SMILES string of the molecule is COc1ccc(OC)c(C2C(C#N)=C(N)N(c3nnc(SCC(=O)c4ccc(Cl)cc4)s3)C3=C2C(=O)CC(C)(C)C3)c1. The Hall–Kier alpha value is -3.85. The molecule has 0 saturated carbocycles. The van der Waals surface area contributed by atoms with Crippen LogP contribution in [0.15, 0.2) is 69.5 Å². The highest BCUT2D eigenvalue weighted by Crippen LogP contribution is 2.52. The zero-order valence-electron chi connectivity index (χ0n) is 23.4. The van der Waals surface area contributed by atoms with Crippen LogP contribution in [0.25, 0.3) is 0 Å². The van der Waals surface area contributed by atoms with Crippen molar-refractivity contribution in [3.8, 4) is 17.6 Å². The minimum atomic E-state index is -0.742. The van der Waals surface area contributed by atoms with E-state index in [1.807, 2.05) is 13.8 Å². The van der Waals surface area contributed by atoms with Crippen LogP contribution in [0.4, 0.5) is 5.13 Å². The highest BCUT2D eigenvalue weighted by molar-refractivity contribution is 8.01. The lowest BCUT2D eigenvalue weighted by Gasteiger charge is -2.42. The van der Waals surface area contributed by atoms with Crippen LogP contribution in [0.1, 0.15) is 48.5 Å². The molecule has 2 aromatic carbocycles. The molecule has 0 saturated heterocycles. The van der Waals surface area contributed by atoms with Crippen molar-refractivity contribution in [2.45, 2.75) is 36.9 Å². The summed E-state index contributed by atoms with van der Waals surface area (Å²) in [7, 11) is 3.09. The van der Waals surface area contributed by atoms with Crippen molar-refractivity contribution in [2.24, 2.45) is 11.1 Å². The summed E-state index contributed by atoms with van der Waals surface area (Å²) >= 11 is 8.44. The Labute approximate surface area is 257 Å². The number of aromatic nitrogens is 2. The molecule has 3 aromatic rings. The minimum Gasteiger partial charge on any atom is -0.497 e. The third kappa shape index (κ3) is 5.62. The van der Waals surface area contributed by atoms with Crippen molar-refractivity contribution >= 4 is 51.4 Å². The Kier molecular flexibility index (Phi) is 8.32. The molecule has 0 amide bonds. The van der Waals surface area contributed by atoms with Gasteiger partial charge in [-0.05, 0) is 54.3 Å². The van der Waals surface area contributed by atoms with E-state index in [0.29, 0.717) is 61.2 Å². The second-order valence-corrected chi connectivity index (χ2v) is 13.3. The van der Waals surface area contributed by atoms with Crippen molar-refractivity contribution in [3.05, 3.63) is 81.3 Å². The molecule has 1 unspecified atom stereocenters. The lowest BCUT2D eigenvalue weighted by Crippen LogP contribution is -2.42. The van der Waals surface area contributed by atoms with Gasteiger partial charge in [-0.25, -0.2) is 0 Å². The molecule has 0 fully saturated rings. The summed E-state index contributed by atoms with van der Waals surface area (Å²) in [5, 5.41) is 20.0. The summed E-state index contributed by atoms with van der Waals surface area (Å²) in [4.78, 5) is 28.2. The minimum absolute atomic E-state index is 0.0720. The van der Waals surface area contributed by atoms with Gasteiger partial charge in [0.1, 0.15) is 17.3 Å². The Morgan fingerprint density at radius 2 is 1.93 bits per heavy atom. The van der Waals surface area contributed by atoms with Gasteiger partial charge in [-0.15, -0.1) is 10.2 Å². The Bertz CT molecular complexity index is 1670. The molecule has 0 spiro atoms. The predicted molar refractivity (Wildman–Crippen MR) is 163 cm³/mol. The Balaban J connectivity index is 1.56. The van der Waals surface area contributed by atoms with E-state index in [1.54, 1.807) is 61.6 Å². The summed E-state index contributed by atoms with van der Waals surface area (Å²) in [6, 6.07) is 14.3. The summed E-state index contributed by atoms with van der Waals surface area (Å²) in [6.45, 7) is 4.05. The third-order valence-electron chi connectivity index (χ3n) is 7.21. The number of thioether (sulfide) groups is 1. The van der Waals surface area contributed by atoms with E-state index < -0.39 is 5.92 Å². The number of carbonyl (C=O) groups excluding carboxylic acids is 2. The molecule has 2 aliphatic rings. The second-order valence-electron chi connectivity index (χ2n) is 10.7. The number of benzene rings is 2. The molecule has 2 heterocycles. The fourth-order valence-corrected chi connectivity index (χ4v) is 7.20. The number of allylic oxidation sites excluding steroid dienone is 3. The summed E-state index contributed by atoms with van der Waals surface area (Å²) in [5.74, 6) is 0.511. The number of carbonyl (C=O) groups is 2. The lowest BCUT2D eigenvalue weighted by molar-refractivity contribution is -0.118. The highest BCUT2D eigenvalue weighted by atomic mass is 35.5. The molecule has 0 radical (unpaired) electrons. The summed E-state index contributed by atoms with van der Waals surface area (Å²) < 4.78 is 11.7. The van der Waals surface area contributed by atoms with Gasteiger partial charge < -0.3 is 15.2 Å². The van der Waals surface area contributed by atoms with E-state index in [-0.39, 0.29) is 34.1 Å². The van der Waals surface area contributed by atoms with E-state index in [4.69, 9.17) is 26.8 Å². The van der Waals surface area contributed by atoms with Crippen molar-refractivity contribution in [2.75, 3.05) is 24.9 Å². The van der Waals surface area contributed by atoms with Crippen LogP contribution in [-0.4, -0.2) is 41.7 Å². The number of hydrogen-bond donors (Lipinski definition) is 1. The van der Waals surface area contributed by atoms with Crippen molar-refractivity contribution in [1.29, 1.82) is 5.26 Å². The topological polar surface area (TPSA) is 131 Å². The largest absolute Gasteiger partial charge is 0.497 e. The lowest BCUT2D eigenvalue weighted by atomic mass is 9.68. The van der Waals surface area contributed by atoms with Gasteiger partial charge in [0.05, 0.1) is 37.5 Å². The first-order chi connectivity index (χ1) is 20.1. The Morgan fingerprint density at radius 1 is 1.19 bits per heavy atom. The van der Waals surface area contributed by atoms with Gasteiger partial charge in [-0.2, -0.15) is 5.26 Å². The molecule has 9 nitrogen and oxygen atoms in total. The van der Waals surface area contributed by atoms with Crippen LogP contribution in [0.3, 0.4) is 0 Å². The molecule has 216 valence electrons. The van der Waals surface area contributed by atoms with Gasteiger partial charge >= 0.3 is 0 Å². The second kappa shape index (κ2) is 11.8. The monoisotopic (exact) mass is 621 g/mol. The molecule has 1 aliphatic carbocycles. The number of anilines is 1. The highest BCUT2D eigenvalue weighted by Gasteiger charge is 2.46. The van der Waals surface area contributed by atoms with Gasteiger partial charge in [0.25, 0.3) is 0 Å². The normalized spacial score (nSPS) is 18.0. The molecule has 1 aromatic heterocycles. The number of hydrogen-bond acceptors (Lipinski definition) is 11. The van der Waals surface area contributed by atoms with E-state index in [9.17, 15) is 14.9 Å². The quantitative estimate of drug-likeness (QED) is 0.232. The van der Waals surface area contributed by atoms with Crippen LogP contribution >= 0.6 is 34.7 Å². The van der Waals surface area contributed by atoms with E-state index in [0.717, 1.165) is 0 Å². The molecule has 0 bridgehead atoms. The molecular formula is C30H28ClN5O4S2. The van der Waals surface area contributed by atoms with Gasteiger partial charge in [0, 0.05) is 33.8 Å². The summed E-state index contributed by atoms with van der Waals surface area (Å²) in [6.07, 6.45) is 0.832. The zero-order valence-corrected chi connectivity index (χ0v) is 25.8. The van der Waals surface area contributed by atoms with E-state index in [1.165, 1.54) is 23.1 Å². The van der Waals surface area contributed by atoms with Crippen LogP contribution in [-0.2, 0) is 4.79 Å². The standard InChI is InChI=1S/C30H28ClN5O4S2/c1-30(2)12-21-26(22(37)13-30)25(19-11-18(39-3)9-10-24(19)40-4)20(14-32)27(33)36(21)28-34-35-29(42-28)41-15-23(38)16-5-7-17(31)8-6-16/h5-11,25H,12-13,15,33H2,1-4H3. The first kappa shape index (κ1) is 29.6. The van der Waals surface area contributed by atoms with E-state index in [2.05, 4.69) is 16.3 Å². The predicted octanol–water partition coefficient (Wildman–Crippen LogP) is 6.12. The number of ether oxygens (including phenoxy) is 2. The fraction of sp³-hybridized carbons (Fsp3) is 0.300. The molecule has 2 N–H and O–H groups in total. The number of methoxy groups -OCH3 is 2. The van der Waals surface area contributed by atoms with Crippen molar-refractivity contribution < 1.29 is 19.1 Å². The molecule has 42 heavy (non-hydrogen) atoms. The first-order valence-corrected chi connectivity index (χ1v) is 15.2. The van der Waals surface area contributed by atoms with Crippen LogP contribution in [0.2, 0.25) is 5.02 Å². The first-order valence-electron chi connectivity index (χ1n) is 13.0. The maximum Gasteiger partial charge on any atom is 0.219 e. The van der Waals surface area contributed by atoms with Crippen molar-refractivity contribution in [3.63, 3.8) is 0 Å². The van der Waals surface area contributed by atoms with Crippen LogP contribution in [0.5, 0.6) is 11.5 Å². The number of nitrogens with two attached hydrogens (primary N) is 1. The van der Waals surface area contributed by atoms with E-state index >= 15 is 0 Å². The maximum atomic E-state index is 13.9. The zero-order chi connectivity index (χ0) is 30.2. The fourth-order valence-electron chi connectivity index (χ4n) is 5.30.